The zero-order valence-electron chi connectivity index (χ0n) is 9.32. The fraction of sp³-hybridized carbons (Fsp3) is 0.273. The maximum atomic E-state index is 13.0. The van der Waals surface area contributed by atoms with Crippen molar-refractivity contribution in [1.82, 2.24) is 20.1 Å². The number of nitrogens with one attached hydrogen (secondary N) is 1. The van der Waals surface area contributed by atoms with Crippen molar-refractivity contribution in [1.29, 1.82) is 0 Å². The Morgan fingerprint density at radius 3 is 2.94 bits per heavy atom. The van der Waals surface area contributed by atoms with Crippen LogP contribution < -0.4 is 5.32 Å². The Kier molecular flexibility index (Phi) is 3.86. The summed E-state index contributed by atoms with van der Waals surface area (Å²) in [6.07, 6.45) is 1.65. The molecule has 4 nitrogen and oxygen atoms in total. The molecule has 0 saturated heterocycles. The van der Waals surface area contributed by atoms with Gasteiger partial charge in [0.2, 0.25) is 0 Å². The predicted octanol–water partition coefficient (Wildman–Crippen LogP) is 2.01. The lowest BCUT2D eigenvalue weighted by Crippen LogP contribution is -2.14. The van der Waals surface area contributed by atoms with Gasteiger partial charge in [-0.15, -0.1) is 0 Å². The molecular formula is C11H12BrFN4. The second kappa shape index (κ2) is 5.37. The van der Waals surface area contributed by atoms with E-state index >= 15 is 0 Å². The highest BCUT2D eigenvalue weighted by molar-refractivity contribution is 9.10. The van der Waals surface area contributed by atoms with E-state index in [0.29, 0.717) is 13.1 Å². The first-order valence-electron chi connectivity index (χ1n) is 5.14. The third-order valence-corrected chi connectivity index (χ3v) is 3.03. The van der Waals surface area contributed by atoms with Crippen molar-refractivity contribution < 1.29 is 4.39 Å². The van der Waals surface area contributed by atoms with Gasteiger partial charge in [0.15, 0.2) is 5.82 Å². The largest absolute Gasteiger partial charge is 0.306 e. The summed E-state index contributed by atoms with van der Waals surface area (Å²) in [6, 6.07) is 4.63. The quantitative estimate of drug-likeness (QED) is 0.939. The molecule has 1 aromatic heterocycles. The monoisotopic (exact) mass is 298 g/mol. The standard InChI is InChI=1S/C11H12BrFN4/c1-17-7-15-11(16-17)6-14-5-8-4-9(13)2-3-10(8)12/h2-4,7,14H,5-6H2,1H3. The van der Waals surface area contributed by atoms with Gasteiger partial charge in [-0.2, -0.15) is 5.10 Å². The van der Waals surface area contributed by atoms with Crippen LogP contribution in [-0.2, 0) is 20.1 Å². The van der Waals surface area contributed by atoms with E-state index in [1.54, 1.807) is 17.1 Å². The lowest BCUT2D eigenvalue weighted by atomic mass is 10.2. The molecule has 1 N–H and O–H groups in total. The van der Waals surface area contributed by atoms with Crippen LogP contribution in [0.4, 0.5) is 4.39 Å². The SMILES string of the molecule is Cn1cnc(CNCc2cc(F)ccc2Br)n1. The topological polar surface area (TPSA) is 42.7 Å². The van der Waals surface area contributed by atoms with Crippen LogP contribution in [0.3, 0.4) is 0 Å². The molecule has 0 unspecified atom stereocenters. The van der Waals surface area contributed by atoms with Gasteiger partial charge >= 0.3 is 0 Å². The Morgan fingerprint density at radius 1 is 1.41 bits per heavy atom. The van der Waals surface area contributed by atoms with Gasteiger partial charge < -0.3 is 5.32 Å². The van der Waals surface area contributed by atoms with E-state index in [2.05, 4.69) is 31.3 Å². The Hall–Kier alpha value is -1.27. The Labute approximate surface area is 107 Å². The van der Waals surface area contributed by atoms with E-state index in [4.69, 9.17) is 0 Å². The normalized spacial score (nSPS) is 10.8. The minimum Gasteiger partial charge on any atom is -0.306 e. The number of hydrogen-bond acceptors (Lipinski definition) is 3. The van der Waals surface area contributed by atoms with Gasteiger partial charge in [0.25, 0.3) is 0 Å². The molecule has 1 aromatic carbocycles. The third-order valence-electron chi connectivity index (χ3n) is 2.25. The van der Waals surface area contributed by atoms with E-state index < -0.39 is 0 Å². The molecule has 90 valence electrons. The zero-order chi connectivity index (χ0) is 12.3. The zero-order valence-corrected chi connectivity index (χ0v) is 10.9. The van der Waals surface area contributed by atoms with Crippen molar-refractivity contribution in [3.8, 4) is 0 Å². The molecule has 0 bridgehead atoms. The van der Waals surface area contributed by atoms with E-state index in [-0.39, 0.29) is 5.82 Å². The predicted molar refractivity (Wildman–Crippen MR) is 65.6 cm³/mol. The molecular weight excluding hydrogens is 287 g/mol. The van der Waals surface area contributed by atoms with E-state index in [0.717, 1.165) is 15.9 Å². The minimum atomic E-state index is -0.235. The molecule has 6 heteroatoms. The number of halogens is 2. The number of rotatable bonds is 4. The van der Waals surface area contributed by atoms with Crippen LogP contribution in [0.2, 0.25) is 0 Å². The van der Waals surface area contributed by atoms with Crippen LogP contribution in [0.15, 0.2) is 29.0 Å². The molecule has 2 rings (SSSR count). The van der Waals surface area contributed by atoms with Crippen molar-refractivity contribution in [2.45, 2.75) is 13.1 Å². The first-order chi connectivity index (χ1) is 8.15. The van der Waals surface area contributed by atoms with Gasteiger partial charge in [0.05, 0.1) is 6.54 Å². The van der Waals surface area contributed by atoms with Crippen LogP contribution in [0.1, 0.15) is 11.4 Å². The fourth-order valence-electron chi connectivity index (χ4n) is 1.45. The van der Waals surface area contributed by atoms with Crippen molar-refractivity contribution in [3.63, 3.8) is 0 Å². The van der Waals surface area contributed by atoms with Gasteiger partial charge in [-0.1, -0.05) is 15.9 Å². The van der Waals surface area contributed by atoms with Crippen molar-refractivity contribution >= 4 is 15.9 Å². The van der Waals surface area contributed by atoms with Gasteiger partial charge in [0.1, 0.15) is 12.1 Å². The number of aryl methyl sites for hydroxylation is 1. The lowest BCUT2D eigenvalue weighted by Gasteiger charge is -2.05. The molecule has 2 aromatic rings. The molecule has 1 heterocycles. The molecule has 0 aliphatic carbocycles. The molecule has 17 heavy (non-hydrogen) atoms. The number of hydrogen-bond donors (Lipinski definition) is 1. The van der Waals surface area contributed by atoms with Gasteiger partial charge in [0, 0.05) is 18.1 Å². The van der Waals surface area contributed by atoms with Crippen LogP contribution in [0.5, 0.6) is 0 Å². The third kappa shape index (κ3) is 3.34. The van der Waals surface area contributed by atoms with Gasteiger partial charge in [-0.25, -0.2) is 9.37 Å². The Balaban J connectivity index is 1.91. The molecule has 0 atom stereocenters. The summed E-state index contributed by atoms with van der Waals surface area (Å²) in [5.41, 5.74) is 0.876. The van der Waals surface area contributed by atoms with Crippen LogP contribution in [-0.4, -0.2) is 14.8 Å². The molecule has 0 aliphatic rings. The molecule has 0 saturated carbocycles. The van der Waals surface area contributed by atoms with E-state index in [1.807, 2.05) is 7.05 Å². The molecule has 0 aliphatic heterocycles. The highest BCUT2D eigenvalue weighted by atomic mass is 79.9. The van der Waals surface area contributed by atoms with Crippen molar-refractivity contribution in [2.75, 3.05) is 0 Å². The van der Waals surface area contributed by atoms with Gasteiger partial charge in [-0.3, -0.25) is 4.68 Å². The first kappa shape index (κ1) is 12.2. The summed E-state index contributed by atoms with van der Waals surface area (Å²) >= 11 is 3.38. The lowest BCUT2D eigenvalue weighted by molar-refractivity contribution is 0.615. The average molecular weight is 299 g/mol. The fourth-order valence-corrected chi connectivity index (χ4v) is 1.84. The highest BCUT2D eigenvalue weighted by Crippen LogP contribution is 2.17. The maximum Gasteiger partial charge on any atom is 0.164 e. The summed E-state index contributed by atoms with van der Waals surface area (Å²) in [6.45, 7) is 1.13. The molecule has 0 fully saturated rings. The maximum absolute atomic E-state index is 13.0. The van der Waals surface area contributed by atoms with Crippen molar-refractivity contribution in [2.24, 2.45) is 7.05 Å². The van der Waals surface area contributed by atoms with Crippen molar-refractivity contribution in [3.05, 3.63) is 46.2 Å². The first-order valence-corrected chi connectivity index (χ1v) is 5.93. The molecule has 0 spiro atoms. The summed E-state index contributed by atoms with van der Waals surface area (Å²) < 4.78 is 15.6. The summed E-state index contributed by atoms with van der Waals surface area (Å²) in [5.74, 6) is 0.487. The molecule has 0 radical (unpaired) electrons. The molecule has 0 amide bonds. The van der Waals surface area contributed by atoms with Crippen LogP contribution in [0.25, 0.3) is 0 Å². The number of benzene rings is 1. The van der Waals surface area contributed by atoms with Gasteiger partial charge in [-0.05, 0) is 23.8 Å². The minimum absolute atomic E-state index is 0.235. The van der Waals surface area contributed by atoms with Crippen LogP contribution in [0, 0.1) is 5.82 Å². The van der Waals surface area contributed by atoms with E-state index in [1.165, 1.54) is 12.1 Å². The highest BCUT2D eigenvalue weighted by Gasteiger charge is 2.03. The summed E-state index contributed by atoms with van der Waals surface area (Å²) in [4.78, 5) is 4.09. The van der Waals surface area contributed by atoms with E-state index in [9.17, 15) is 4.39 Å². The second-order valence-corrected chi connectivity index (χ2v) is 4.53. The number of aromatic nitrogens is 3. The summed E-state index contributed by atoms with van der Waals surface area (Å²) in [5, 5.41) is 7.30. The van der Waals surface area contributed by atoms with Crippen LogP contribution >= 0.6 is 15.9 Å². The number of nitrogens with zero attached hydrogens (tertiary/aromatic N) is 3. The Bertz CT molecular complexity index is 512. The summed E-state index contributed by atoms with van der Waals surface area (Å²) in [7, 11) is 1.82. The Morgan fingerprint density at radius 2 is 2.24 bits per heavy atom. The smallest absolute Gasteiger partial charge is 0.164 e. The average Bonchev–Trinajstić information content (AvgIpc) is 2.69. The second-order valence-electron chi connectivity index (χ2n) is 3.67.